The van der Waals surface area contributed by atoms with E-state index >= 15 is 0 Å². The van der Waals surface area contributed by atoms with E-state index in [1.54, 1.807) is 11.3 Å². The van der Waals surface area contributed by atoms with Crippen LogP contribution in [0, 0.1) is 0 Å². The van der Waals surface area contributed by atoms with Crippen molar-refractivity contribution in [2.45, 2.75) is 19.8 Å². The Kier molecular flexibility index (Phi) is 5.17. The highest BCUT2D eigenvalue weighted by atomic mass is 79.9. The summed E-state index contributed by atoms with van der Waals surface area (Å²) in [7, 11) is 0. The molecule has 0 spiro atoms. The average molecular weight is 460 g/mol. The highest BCUT2D eigenvalue weighted by molar-refractivity contribution is 9.10. The van der Waals surface area contributed by atoms with Crippen LogP contribution in [0.15, 0.2) is 57.8 Å². The fraction of sp³-hybridized carbons (Fsp3) is 0.143. The van der Waals surface area contributed by atoms with Crippen LogP contribution < -0.4 is 5.56 Å². The maximum absolute atomic E-state index is 12.9. The second kappa shape index (κ2) is 7.58. The number of nitrogens with one attached hydrogen (secondary N) is 1. The molecule has 4 rings (SSSR count). The molecule has 3 nitrogen and oxygen atoms in total. The Balaban J connectivity index is 1.84. The van der Waals surface area contributed by atoms with Crippen LogP contribution in [0.25, 0.3) is 21.3 Å². The predicted octanol–water partition coefficient (Wildman–Crippen LogP) is 6.22. The Bertz CT molecular complexity index is 1180. The summed E-state index contributed by atoms with van der Waals surface area (Å²) in [5, 5.41) is 1.35. The third kappa shape index (κ3) is 3.72. The Morgan fingerprint density at radius 1 is 1.19 bits per heavy atom. The van der Waals surface area contributed by atoms with Gasteiger partial charge in [0.2, 0.25) is 0 Å². The molecule has 0 unspecified atom stereocenters. The SMILES string of the molecule is CCc1sc2nc(Cc3cccc(Cl)c3)[nH]c(=O)c2c1-c1ccc(Br)cc1. The van der Waals surface area contributed by atoms with Crippen molar-refractivity contribution in [3.05, 3.63) is 84.6 Å². The molecule has 0 aliphatic heterocycles. The standard InChI is InChI=1S/C21H16BrClN2OS/c1-2-16-18(13-6-8-14(22)9-7-13)19-20(26)24-17(25-21(19)27-16)11-12-4-3-5-15(23)10-12/h3-10H,2,11H2,1H3,(H,24,25,26). The van der Waals surface area contributed by atoms with Gasteiger partial charge >= 0.3 is 0 Å². The maximum Gasteiger partial charge on any atom is 0.260 e. The zero-order valence-corrected chi connectivity index (χ0v) is 17.7. The summed E-state index contributed by atoms with van der Waals surface area (Å²) in [6, 6.07) is 15.7. The first kappa shape index (κ1) is 18.4. The van der Waals surface area contributed by atoms with Gasteiger partial charge in [-0.1, -0.05) is 58.7 Å². The third-order valence-electron chi connectivity index (χ3n) is 4.40. The van der Waals surface area contributed by atoms with Gasteiger partial charge < -0.3 is 4.98 Å². The highest BCUT2D eigenvalue weighted by Gasteiger charge is 2.18. The number of aromatic nitrogens is 2. The van der Waals surface area contributed by atoms with Crippen molar-refractivity contribution in [3.8, 4) is 11.1 Å². The van der Waals surface area contributed by atoms with Crippen molar-refractivity contribution in [2.24, 2.45) is 0 Å². The van der Waals surface area contributed by atoms with Gasteiger partial charge in [0.05, 0.1) is 5.39 Å². The summed E-state index contributed by atoms with van der Waals surface area (Å²) in [6.07, 6.45) is 1.40. The second-order valence-corrected chi connectivity index (χ2v) is 8.70. The van der Waals surface area contributed by atoms with Crippen LogP contribution in [-0.2, 0) is 12.8 Å². The van der Waals surface area contributed by atoms with Crippen LogP contribution in [0.1, 0.15) is 23.2 Å². The van der Waals surface area contributed by atoms with Crippen LogP contribution in [0.5, 0.6) is 0 Å². The first-order valence-electron chi connectivity index (χ1n) is 8.60. The average Bonchev–Trinajstić information content (AvgIpc) is 3.01. The molecule has 0 saturated carbocycles. The van der Waals surface area contributed by atoms with Crippen LogP contribution in [0.3, 0.4) is 0 Å². The number of benzene rings is 2. The van der Waals surface area contributed by atoms with Crippen LogP contribution in [-0.4, -0.2) is 9.97 Å². The topological polar surface area (TPSA) is 45.8 Å². The lowest BCUT2D eigenvalue weighted by atomic mass is 10.0. The second-order valence-electron chi connectivity index (χ2n) is 6.26. The van der Waals surface area contributed by atoms with E-state index in [1.807, 2.05) is 48.5 Å². The summed E-state index contributed by atoms with van der Waals surface area (Å²) >= 11 is 11.1. The van der Waals surface area contributed by atoms with Crippen molar-refractivity contribution in [3.63, 3.8) is 0 Å². The molecular formula is C21H16BrClN2OS. The lowest BCUT2D eigenvalue weighted by Crippen LogP contribution is -2.11. The van der Waals surface area contributed by atoms with Crippen LogP contribution in [0.4, 0.5) is 0 Å². The van der Waals surface area contributed by atoms with E-state index in [9.17, 15) is 4.79 Å². The van der Waals surface area contributed by atoms with Crippen molar-refractivity contribution in [2.75, 3.05) is 0 Å². The molecule has 0 amide bonds. The highest BCUT2D eigenvalue weighted by Crippen LogP contribution is 2.37. The molecular weight excluding hydrogens is 444 g/mol. The minimum Gasteiger partial charge on any atom is -0.310 e. The zero-order chi connectivity index (χ0) is 19.0. The molecule has 1 N–H and O–H groups in total. The van der Waals surface area contributed by atoms with Gasteiger partial charge in [-0.2, -0.15) is 0 Å². The Labute approximate surface area is 174 Å². The Morgan fingerprint density at radius 3 is 2.67 bits per heavy atom. The molecule has 27 heavy (non-hydrogen) atoms. The van der Waals surface area contributed by atoms with Crippen molar-refractivity contribution in [1.29, 1.82) is 0 Å². The quantitative estimate of drug-likeness (QED) is 0.394. The molecule has 0 aliphatic rings. The molecule has 0 atom stereocenters. The van der Waals surface area contributed by atoms with Gasteiger partial charge in [0.1, 0.15) is 10.7 Å². The summed E-state index contributed by atoms with van der Waals surface area (Å²) in [5.74, 6) is 0.654. The summed E-state index contributed by atoms with van der Waals surface area (Å²) in [6.45, 7) is 2.11. The number of hydrogen-bond acceptors (Lipinski definition) is 3. The monoisotopic (exact) mass is 458 g/mol. The Hall–Kier alpha value is -1.95. The fourth-order valence-electron chi connectivity index (χ4n) is 3.19. The van der Waals surface area contributed by atoms with E-state index in [4.69, 9.17) is 16.6 Å². The molecule has 4 aromatic rings. The minimum absolute atomic E-state index is 0.0918. The Morgan fingerprint density at radius 2 is 1.96 bits per heavy atom. The lowest BCUT2D eigenvalue weighted by molar-refractivity contribution is 0.977. The molecule has 0 aliphatic carbocycles. The zero-order valence-electron chi connectivity index (χ0n) is 14.6. The van der Waals surface area contributed by atoms with Gasteiger partial charge in [-0.3, -0.25) is 4.79 Å². The van der Waals surface area contributed by atoms with E-state index in [0.717, 1.165) is 32.4 Å². The van der Waals surface area contributed by atoms with Crippen LogP contribution in [0.2, 0.25) is 5.02 Å². The number of thiophene rings is 1. The first-order chi connectivity index (χ1) is 13.0. The molecule has 0 saturated heterocycles. The smallest absolute Gasteiger partial charge is 0.260 e. The third-order valence-corrected chi connectivity index (χ3v) is 6.39. The summed E-state index contributed by atoms with van der Waals surface area (Å²) in [4.78, 5) is 22.6. The lowest BCUT2D eigenvalue weighted by Gasteiger charge is -2.05. The summed E-state index contributed by atoms with van der Waals surface area (Å²) in [5.41, 5.74) is 2.96. The number of aryl methyl sites for hydroxylation is 1. The van der Waals surface area contributed by atoms with E-state index in [0.29, 0.717) is 22.7 Å². The normalized spacial score (nSPS) is 11.2. The molecule has 0 radical (unpaired) electrons. The van der Waals surface area contributed by atoms with E-state index < -0.39 is 0 Å². The number of rotatable bonds is 4. The van der Waals surface area contributed by atoms with E-state index in [2.05, 4.69) is 27.8 Å². The number of fused-ring (bicyclic) bond motifs is 1. The number of hydrogen-bond donors (Lipinski definition) is 1. The predicted molar refractivity (Wildman–Crippen MR) is 117 cm³/mol. The van der Waals surface area contributed by atoms with Gasteiger partial charge in [-0.25, -0.2) is 4.98 Å². The largest absolute Gasteiger partial charge is 0.310 e. The van der Waals surface area contributed by atoms with Crippen LogP contribution >= 0.6 is 38.9 Å². The molecule has 136 valence electrons. The van der Waals surface area contributed by atoms with Gasteiger partial charge in [-0.05, 0) is 41.8 Å². The summed E-state index contributed by atoms with van der Waals surface area (Å²) < 4.78 is 1.01. The van der Waals surface area contributed by atoms with Gasteiger partial charge in [-0.15, -0.1) is 11.3 Å². The number of halogens is 2. The van der Waals surface area contributed by atoms with Gasteiger partial charge in [0.15, 0.2) is 0 Å². The minimum atomic E-state index is -0.0918. The molecule has 2 aromatic carbocycles. The molecule has 0 fully saturated rings. The molecule has 6 heteroatoms. The number of aromatic amines is 1. The van der Waals surface area contributed by atoms with E-state index in [1.165, 1.54) is 4.88 Å². The fourth-order valence-corrected chi connectivity index (χ4v) is 4.82. The first-order valence-corrected chi connectivity index (χ1v) is 10.6. The molecule has 2 heterocycles. The maximum atomic E-state index is 12.9. The molecule has 0 bridgehead atoms. The van der Waals surface area contributed by atoms with Crippen molar-refractivity contribution >= 4 is 49.1 Å². The van der Waals surface area contributed by atoms with Gasteiger partial charge in [0, 0.05) is 26.4 Å². The van der Waals surface area contributed by atoms with Crippen molar-refractivity contribution in [1.82, 2.24) is 9.97 Å². The van der Waals surface area contributed by atoms with E-state index in [-0.39, 0.29) is 5.56 Å². The number of H-pyrrole nitrogens is 1. The number of nitrogens with zero attached hydrogens (tertiary/aromatic N) is 1. The van der Waals surface area contributed by atoms with Gasteiger partial charge in [0.25, 0.3) is 5.56 Å². The molecule has 2 aromatic heterocycles. The van der Waals surface area contributed by atoms with Crippen molar-refractivity contribution < 1.29 is 0 Å².